The van der Waals surface area contributed by atoms with Crippen molar-refractivity contribution < 1.29 is 4.74 Å². The average molecular weight is 271 g/mol. The van der Waals surface area contributed by atoms with Crippen molar-refractivity contribution in [3.05, 3.63) is 17.0 Å². The maximum Gasteiger partial charge on any atom is 0.218 e. The molecule has 1 heterocycles. The lowest BCUT2D eigenvalue weighted by Gasteiger charge is -2.17. The predicted molar refractivity (Wildman–Crippen MR) is 75.3 cm³/mol. The molecule has 0 saturated carbocycles. The minimum Gasteiger partial charge on any atom is -0.478 e. The fourth-order valence-corrected chi connectivity index (χ4v) is 1.65. The molecule has 0 aromatic carbocycles. The van der Waals surface area contributed by atoms with Crippen LogP contribution >= 0.6 is 11.6 Å². The highest BCUT2D eigenvalue weighted by Crippen LogP contribution is 2.23. The van der Waals surface area contributed by atoms with E-state index in [-0.39, 0.29) is 5.41 Å². The second-order valence-electron chi connectivity index (χ2n) is 5.99. The SMILES string of the molecule is CC(C)CCCOc1cc(Cl)nc(C(C)(C)C)n1. The highest BCUT2D eigenvalue weighted by Gasteiger charge is 2.19. The molecule has 4 heteroatoms. The van der Waals surface area contributed by atoms with E-state index in [1.54, 1.807) is 6.07 Å². The van der Waals surface area contributed by atoms with Gasteiger partial charge < -0.3 is 4.74 Å². The molecule has 0 aliphatic rings. The Morgan fingerprint density at radius 3 is 2.50 bits per heavy atom. The Bertz CT molecular complexity index is 386. The first-order chi connectivity index (χ1) is 8.29. The molecule has 0 saturated heterocycles. The Labute approximate surface area is 115 Å². The fraction of sp³-hybridized carbons (Fsp3) is 0.714. The first-order valence-electron chi connectivity index (χ1n) is 6.47. The molecule has 1 aromatic rings. The van der Waals surface area contributed by atoms with E-state index in [9.17, 15) is 0 Å². The van der Waals surface area contributed by atoms with Crippen LogP contribution in [-0.2, 0) is 5.41 Å². The summed E-state index contributed by atoms with van der Waals surface area (Å²) in [6.45, 7) is 11.3. The third kappa shape index (κ3) is 5.21. The Morgan fingerprint density at radius 2 is 1.94 bits per heavy atom. The van der Waals surface area contributed by atoms with E-state index in [0.29, 0.717) is 29.4 Å². The number of nitrogens with zero attached hydrogens (tertiary/aromatic N) is 2. The van der Waals surface area contributed by atoms with Crippen molar-refractivity contribution in [3.63, 3.8) is 0 Å². The van der Waals surface area contributed by atoms with Gasteiger partial charge in [-0.1, -0.05) is 46.2 Å². The number of hydrogen-bond donors (Lipinski definition) is 0. The van der Waals surface area contributed by atoms with Gasteiger partial charge in [0.25, 0.3) is 0 Å². The summed E-state index contributed by atoms with van der Waals surface area (Å²) in [7, 11) is 0. The van der Waals surface area contributed by atoms with Gasteiger partial charge in [0, 0.05) is 11.5 Å². The lowest BCUT2D eigenvalue weighted by atomic mass is 9.96. The molecule has 0 N–H and O–H groups in total. The molecule has 18 heavy (non-hydrogen) atoms. The Kier molecular flexibility index (Phi) is 5.39. The molecule has 0 fully saturated rings. The first kappa shape index (κ1) is 15.2. The molecular weight excluding hydrogens is 248 g/mol. The normalized spacial score (nSPS) is 11.9. The van der Waals surface area contributed by atoms with E-state index in [4.69, 9.17) is 16.3 Å². The van der Waals surface area contributed by atoms with Crippen molar-refractivity contribution in [1.29, 1.82) is 0 Å². The molecule has 0 aliphatic carbocycles. The molecule has 102 valence electrons. The van der Waals surface area contributed by atoms with Gasteiger partial charge in [-0.25, -0.2) is 4.98 Å². The second-order valence-corrected chi connectivity index (χ2v) is 6.37. The highest BCUT2D eigenvalue weighted by molar-refractivity contribution is 6.29. The van der Waals surface area contributed by atoms with Gasteiger partial charge in [-0.05, 0) is 18.8 Å². The molecule has 0 amide bonds. The van der Waals surface area contributed by atoms with E-state index in [0.717, 1.165) is 12.8 Å². The summed E-state index contributed by atoms with van der Waals surface area (Å²) in [6.07, 6.45) is 2.19. The van der Waals surface area contributed by atoms with Crippen molar-refractivity contribution in [2.45, 2.75) is 52.9 Å². The molecule has 1 aromatic heterocycles. The number of hydrogen-bond acceptors (Lipinski definition) is 3. The maximum atomic E-state index is 5.99. The number of halogens is 1. The van der Waals surface area contributed by atoms with Gasteiger partial charge in [-0.3, -0.25) is 0 Å². The van der Waals surface area contributed by atoms with Crippen molar-refractivity contribution in [2.75, 3.05) is 6.61 Å². The van der Waals surface area contributed by atoms with Gasteiger partial charge in [-0.2, -0.15) is 4.98 Å². The highest BCUT2D eigenvalue weighted by atomic mass is 35.5. The largest absolute Gasteiger partial charge is 0.478 e. The van der Waals surface area contributed by atoms with Crippen LogP contribution < -0.4 is 4.74 Å². The Balaban J connectivity index is 2.63. The quantitative estimate of drug-likeness (QED) is 0.593. The monoisotopic (exact) mass is 270 g/mol. The molecule has 0 aliphatic heterocycles. The summed E-state index contributed by atoms with van der Waals surface area (Å²) in [5.74, 6) is 1.99. The van der Waals surface area contributed by atoms with Crippen LogP contribution in [-0.4, -0.2) is 16.6 Å². The lowest BCUT2D eigenvalue weighted by Crippen LogP contribution is -2.16. The van der Waals surface area contributed by atoms with Gasteiger partial charge >= 0.3 is 0 Å². The van der Waals surface area contributed by atoms with Crippen LogP contribution in [0.1, 0.15) is 53.3 Å². The zero-order valence-electron chi connectivity index (χ0n) is 12.0. The van der Waals surface area contributed by atoms with E-state index < -0.39 is 0 Å². The van der Waals surface area contributed by atoms with Crippen LogP contribution in [0.5, 0.6) is 5.88 Å². The van der Waals surface area contributed by atoms with E-state index >= 15 is 0 Å². The molecule has 0 unspecified atom stereocenters. The number of aromatic nitrogens is 2. The van der Waals surface area contributed by atoms with Crippen LogP contribution in [0.4, 0.5) is 0 Å². The average Bonchev–Trinajstić information content (AvgIpc) is 2.22. The van der Waals surface area contributed by atoms with Gasteiger partial charge in [0.2, 0.25) is 5.88 Å². The third-order valence-corrected chi connectivity index (χ3v) is 2.71. The third-order valence-electron chi connectivity index (χ3n) is 2.52. The van der Waals surface area contributed by atoms with Crippen molar-refractivity contribution >= 4 is 11.6 Å². The number of rotatable bonds is 5. The van der Waals surface area contributed by atoms with Crippen molar-refractivity contribution in [3.8, 4) is 5.88 Å². The molecule has 0 bridgehead atoms. The molecular formula is C14H23ClN2O. The summed E-state index contributed by atoms with van der Waals surface area (Å²) in [5.41, 5.74) is -0.124. The minimum absolute atomic E-state index is 0.124. The van der Waals surface area contributed by atoms with E-state index in [1.807, 2.05) is 0 Å². The van der Waals surface area contributed by atoms with Crippen LogP contribution in [0.2, 0.25) is 5.15 Å². The zero-order valence-corrected chi connectivity index (χ0v) is 12.7. The van der Waals surface area contributed by atoms with E-state index in [1.165, 1.54) is 0 Å². The summed E-state index contributed by atoms with van der Waals surface area (Å²) in [6, 6.07) is 1.67. The lowest BCUT2D eigenvalue weighted by molar-refractivity contribution is 0.284. The fourth-order valence-electron chi connectivity index (χ4n) is 1.47. The molecule has 3 nitrogen and oxygen atoms in total. The molecule has 0 spiro atoms. The summed E-state index contributed by atoms with van der Waals surface area (Å²) in [5, 5.41) is 0.439. The summed E-state index contributed by atoms with van der Waals surface area (Å²) in [4.78, 5) is 8.64. The summed E-state index contributed by atoms with van der Waals surface area (Å²) >= 11 is 5.99. The predicted octanol–water partition coefficient (Wildman–Crippen LogP) is 4.24. The first-order valence-corrected chi connectivity index (χ1v) is 6.84. The maximum absolute atomic E-state index is 5.99. The van der Waals surface area contributed by atoms with Crippen LogP contribution in [0.15, 0.2) is 6.07 Å². The second kappa shape index (κ2) is 6.37. The van der Waals surface area contributed by atoms with Gasteiger partial charge in [-0.15, -0.1) is 0 Å². The topological polar surface area (TPSA) is 35.0 Å². The Hall–Kier alpha value is -0.830. The standard InChI is InChI=1S/C14H23ClN2O/c1-10(2)7-6-8-18-12-9-11(15)16-13(17-12)14(3,4)5/h9-10H,6-8H2,1-5H3. The minimum atomic E-state index is -0.124. The van der Waals surface area contributed by atoms with Crippen LogP contribution in [0, 0.1) is 5.92 Å². The van der Waals surface area contributed by atoms with Gasteiger partial charge in [0.1, 0.15) is 11.0 Å². The molecule has 0 radical (unpaired) electrons. The molecule has 0 atom stereocenters. The zero-order chi connectivity index (χ0) is 13.8. The van der Waals surface area contributed by atoms with Crippen LogP contribution in [0.25, 0.3) is 0 Å². The number of ether oxygens (including phenoxy) is 1. The molecule has 1 rings (SSSR count). The Morgan fingerprint density at radius 1 is 1.28 bits per heavy atom. The van der Waals surface area contributed by atoms with E-state index in [2.05, 4.69) is 44.6 Å². The van der Waals surface area contributed by atoms with Crippen molar-refractivity contribution in [1.82, 2.24) is 9.97 Å². The van der Waals surface area contributed by atoms with Crippen LogP contribution in [0.3, 0.4) is 0 Å². The van der Waals surface area contributed by atoms with Gasteiger partial charge in [0.05, 0.1) is 6.61 Å². The van der Waals surface area contributed by atoms with Gasteiger partial charge in [0.15, 0.2) is 0 Å². The summed E-state index contributed by atoms with van der Waals surface area (Å²) < 4.78 is 5.64. The smallest absolute Gasteiger partial charge is 0.218 e. The van der Waals surface area contributed by atoms with Crippen molar-refractivity contribution in [2.24, 2.45) is 5.92 Å².